The van der Waals surface area contributed by atoms with Crippen LogP contribution in [-0.2, 0) is 46.5 Å². The summed E-state index contributed by atoms with van der Waals surface area (Å²) >= 11 is 0.797. The molecule has 2 aromatic heterocycles. The van der Waals surface area contributed by atoms with Crippen molar-refractivity contribution < 1.29 is 48.4 Å². The number of nitrogens with one attached hydrogen (secondary N) is 3. The summed E-state index contributed by atoms with van der Waals surface area (Å²) in [6, 6.07) is 6.98. The Kier molecular flexibility index (Phi) is 20.3. The first-order valence-corrected chi connectivity index (χ1v) is 21.5. The lowest BCUT2D eigenvalue weighted by molar-refractivity contribution is -0.138. The number of methoxy groups -OCH3 is 1. The number of rotatable bonds is 28. The van der Waals surface area contributed by atoms with Crippen molar-refractivity contribution in [1.29, 1.82) is 0 Å². The number of unbranched alkanes of at least 4 members (excludes halogenated alkanes) is 2. The maximum absolute atomic E-state index is 12.9. The van der Waals surface area contributed by atoms with E-state index < -0.39 is 48.0 Å². The molecule has 1 aliphatic rings. The van der Waals surface area contributed by atoms with Crippen molar-refractivity contribution >= 4 is 64.2 Å². The van der Waals surface area contributed by atoms with Crippen LogP contribution >= 0.6 is 11.8 Å². The number of thioether (sulfide) groups is 1. The van der Waals surface area contributed by atoms with Gasteiger partial charge in [0.1, 0.15) is 17.3 Å². The highest BCUT2D eigenvalue weighted by Crippen LogP contribution is 2.28. The molecule has 20 nitrogen and oxygen atoms in total. The van der Waals surface area contributed by atoms with Crippen molar-refractivity contribution in [3.63, 3.8) is 0 Å². The average molecular weight is 873 g/mol. The first kappa shape index (κ1) is 48.4. The van der Waals surface area contributed by atoms with E-state index >= 15 is 0 Å². The molecule has 3 aromatic rings. The highest BCUT2D eigenvalue weighted by molar-refractivity contribution is 8.00. The van der Waals surface area contributed by atoms with Crippen LogP contribution in [0.25, 0.3) is 11.0 Å². The Hall–Kier alpha value is -5.22. The van der Waals surface area contributed by atoms with Gasteiger partial charge in [0.15, 0.2) is 5.82 Å². The molecular formula is C40H60N10O10S. The molecule has 21 heteroatoms. The Bertz CT molecular complexity index is 1910. The topological polar surface area (TPSA) is 279 Å². The lowest BCUT2D eigenvalue weighted by Gasteiger charge is -2.35. The Morgan fingerprint density at radius 1 is 0.934 bits per heavy atom. The molecule has 0 spiro atoms. The van der Waals surface area contributed by atoms with Gasteiger partial charge in [0, 0.05) is 63.3 Å². The van der Waals surface area contributed by atoms with Crippen LogP contribution in [0.15, 0.2) is 30.5 Å². The zero-order valence-corrected chi connectivity index (χ0v) is 35.8. The fraction of sp³-hybridized carbons (Fsp3) is 0.575. The number of aromatic nitrogens is 3. The minimum absolute atomic E-state index is 0.0306. The molecule has 4 rings (SSSR count). The van der Waals surface area contributed by atoms with Gasteiger partial charge in [0.25, 0.3) is 0 Å². The fourth-order valence-corrected chi connectivity index (χ4v) is 7.58. The predicted octanol–water partition coefficient (Wildman–Crippen LogP) is 0.961. The first-order chi connectivity index (χ1) is 29.4. The number of carboxylic acids is 2. The smallest absolute Gasteiger partial charge is 0.321 e. The molecular weight excluding hydrogens is 813 g/mol. The largest absolute Gasteiger partial charge is 0.496 e. The molecule has 1 aromatic carbocycles. The molecule has 61 heavy (non-hydrogen) atoms. The minimum Gasteiger partial charge on any atom is -0.496 e. The van der Waals surface area contributed by atoms with Crippen LogP contribution in [0, 0.1) is 0 Å². The quantitative estimate of drug-likeness (QED) is 0.0501. The van der Waals surface area contributed by atoms with Crippen LogP contribution in [0.2, 0.25) is 0 Å². The highest BCUT2D eigenvalue weighted by Gasteiger charge is 2.25. The van der Waals surface area contributed by atoms with E-state index in [0.717, 1.165) is 90.9 Å². The number of fused-ring (bicyclic) bond motifs is 1. The van der Waals surface area contributed by atoms with Crippen LogP contribution in [-0.4, -0.2) is 161 Å². The third-order valence-electron chi connectivity index (χ3n) is 9.79. The standard InChI is InChI=1S/C40H60N10O10S/c1-3-4-5-10-44-37-36-30(46-40(42)47-37)8-12-50(36)25-28-7-6-27(21-31(28)58-2)24-48-13-15-49(16-14-48)34(52)9-17-59-19-20-60-18-11-43-33(51)23-45-38(55)32(22-35(53)54)61-26-29(41)39(56)57/h6-8,12,21,29,32H,3-5,9-11,13-20,22-26,41H2,1-2H3,(H,43,51)(H,45,55)(H,53,54)(H,56,57)(H3,42,44,46,47). The number of amides is 3. The van der Waals surface area contributed by atoms with Crippen molar-refractivity contribution in [3.05, 3.63) is 41.6 Å². The molecule has 336 valence electrons. The summed E-state index contributed by atoms with van der Waals surface area (Å²) in [6.45, 7) is 7.75. The van der Waals surface area contributed by atoms with Crippen molar-refractivity contribution in [2.24, 2.45) is 5.73 Å². The molecule has 2 atom stereocenters. The summed E-state index contributed by atoms with van der Waals surface area (Å²) in [6.07, 6.45) is 5.01. The second kappa shape index (κ2) is 25.5. The van der Waals surface area contributed by atoms with E-state index in [1.165, 1.54) is 0 Å². The molecule has 3 heterocycles. The summed E-state index contributed by atoms with van der Waals surface area (Å²) in [7, 11) is 1.68. The lowest BCUT2D eigenvalue weighted by atomic mass is 10.1. The molecule has 1 fully saturated rings. The maximum atomic E-state index is 12.9. The highest BCUT2D eigenvalue weighted by atomic mass is 32.2. The second-order valence-electron chi connectivity index (χ2n) is 14.5. The van der Waals surface area contributed by atoms with Crippen molar-refractivity contribution in [2.75, 3.05) is 96.2 Å². The predicted molar refractivity (Wildman–Crippen MR) is 230 cm³/mol. The monoisotopic (exact) mass is 872 g/mol. The minimum atomic E-state index is -1.27. The summed E-state index contributed by atoms with van der Waals surface area (Å²) < 4.78 is 19.0. The number of piperazine rings is 1. The fourth-order valence-electron chi connectivity index (χ4n) is 6.50. The van der Waals surface area contributed by atoms with E-state index in [9.17, 15) is 24.0 Å². The molecule has 9 N–H and O–H groups in total. The Morgan fingerprint density at radius 2 is 1.69 bits per heavy atom. The van der Waals surface area contributed by atoms with E-state index in [0.29, 0.717) is 19.6 Å². The molecule has 3 amide bonds. The molecule has 0 aliphatic carbocycles. The van der Waals surface area contributed by atoms with Crippen LogP contribution in [0.4, 0.5) is 11.8 Å². The maximum Gasteiger partial charge on any atom is 0.321 e. The molecule has 1 aliphatic heterocycles. The number of nitrogens with two attached hydrogens (primary N) is 2. The van der Waals surface area contributed by atoms with Crippen LogP contribution in [0.1, 0.15) is 50.2 Å². The number of benzene rings is 1. The van der Waals surface area contributed by atoms with Gasteiger partial charge < -0.3 is 61.3 Å². The number of hydrogen-bond acceptors (Lipinski definition) is 15. The average Bonchev–Trinajstić information content (AvgIpc) is 3.64. The van der Waals surface area contributed by atoms with Gasteiger partial charge in [0.05, 0.1) is 70.2 Å². The third kappa shape index (κ3) is 16.3. The SMILES string of the molecule is CCCCCNc1nc(N)nc2ccn(Cc3ccc(CN4CCN(C(=O)CCOCCOCCNC(=O)CNC(=O)C(CC(=O)O)SCC(N)C(=O)O)CC4)cc3OC)c12. The number of nitrogens with zero attached hydrogens (tertiary/aromatic N) is 5. The van der Waals surface area contributed by atoms with Gasteiger partial charge in [-0.2, -0.15) is 4.98 Å². The van der Waals surface area contributed by atoms with Gasteiger partial charge in [-0.25, -0.2) is 4.98 Å². The lowest BCUT2D eigenvalue weighted by Crippen LogP contribution is -2.48. The Morgan fingerprint density at radius 3 is 2.39 bits per heavy atom. The van der Waals surface area contributed by atoms with Gasteiger partial charge in [0.2, 0.25) is 23.7 Å². The van der Waals surface area contributed by atoms with Crippen molar-refractivity contribution in [1.82, 2.24) is 35.0 Å². The number of nitrogen functional groups attached to an aromatic ring is 1. The number of anilines is 2. The van der Waals surface area contributed by atoms with Gasteiger partial charge in [-0.15, -0.1) is 11.8 Å². The summed E-state index contributed by atoms with van der Waals surface area (Å²) in [4.78, 5) is 72.4. The van der Waals surface area contributed by atoms with E-state index in [-0.39, 0.29) is 57.0 Å². The van der Waals surface area contributed by atoms with Crippen LogP contribution in [0.3, 0.4) is 0 Å². The number of carbonyl (C=O) groups is 5. The second-order valence-corrected chi connectivity index (χ2v) is 15.7. The zero-order chi connectivity index (χ0) is 44.1. The Balaban J connectivity index is 1.08. The Labute approximate surface area is 359 Å². The molecule has 2 unspecified atom stereocenters. The summed E-state index contributed by atoms with van der Waals surface area (Å²) in [5, 5.41) is 25.2. The number of hydrogen-bond donors (Lipinski definition) is 7. The van der Waals surface area contributed by atoms with Gasteiger partial charge in [-0.3, -0.25) is 28.9 Å². The molecule has 0 radical (unpaired) electrons. The molecule has 0 saturated carbocycles. The number of carboxylic acid groups (broad SMARTS) is 2. The van der Waals surface area contributed by atoms with E-state index in [1.54, 1.807) is 7.11 Å². The summed E-state index contributed by atoms with van der Waals surface area (Å²) in [5.41, 5.74) is 15.3. The van der Waals surface area contributed by atoms with Crippen LogP contribution < -0.4 is 32.2 Å². The number of ether oxygens (including phenoxy) is 3. The van der Waals surface area contributed by atoms with Crippen molar-refractivity contribution in [2.45, 2.75) is 63.4 Å². The first-order valence-electron chi connectivity index (χ1n) is 20.4. The van der Waals surface area contributed by atoms with E-state index in [4.69, 9.17) is 35.9 Å². The van der Waals surface area contributed by atoms with E-state index in [2.05, 4.69) is 60.5 Å². The molecule has 0 bridgehead atoms. The van der Waals surface area contributed by atoms with E-state index in [1.807, 2.05) is 17.2 Å². The normalized spacial score (nSPS) is 14.0. The van der Waals surface area contributed by atoms with Gasteiger partial charge in [-0.1, -0.05) is 31.9 Å². The van der Waals surface area contributed by atoms with Crippen molar-refractivity contribution in [3.8, 4) is 5.75 Å². The van der Waals surface area contributed by atoms with Crippen LogP contribution in [0.5, 0.6) is 5.75 Å². The molecule has 1 saturated heterocycles. The van der Waals surface area contributed by atoms with Gasteiger partial charge >= 0.3 is 11.9 Å². The number of carbonyl (C=O) groups excluding carboxylic acids is 3. The third-order valence-corrected chi connectivity index (χ3v) is 11.1. The zero-order valence-electron chi connectivity index (χ0n) is 34.9. The number of aliphatic carboxylic acids is 2. The van der Waals surface area contributed by atoms with Gasteiger partial charge in [-0.05, 0) is 24.1 Å². The summed E-state index contributed by atoms with van der Waals surface area (Å²) in [5.74, 6) is -2.12.